The first-order chi connectivity index (χ1) is 30.7. The Morgan fingerprint density at radius 1 is 0.831 bits per heavy atom. The molecule has 0 aromatic rings. The predicted octanol–water partition coefficient (Wildman–Crippen LogP) is 6.63. The van der Waals surface area contributed by atoms with Crippen molar-refractivity contribution < 1.29 is 63.0 Å². The number of carbonyl (C=O) groups excluding carboxylic acids is 5. The van der Waals surface area contributed by atoms with Gasteiger partial charge < -0.3 is 43.9 Å². The van der Waals surface area contributed by atoms with Crippen molar-refractivity contribution in [3.63, 3.8) is 0 Å². The zero-order valence-corrected chi connectivity index (χ0v) is 41.1. The highest BCUT2D eigenvalue weighted by atomic mass is 16.6. The van der Waals surface area contributed by atoms with E-state index in [9.17, 15) is 39.3 Å². The average molecular weight is 918 g/mol. The van der Waals surface area contributed by atoms with E-state index in [1.807, 2.05) is 20.8 Å². The summed E-state index contributed by atoms with van der Waals surface area (Å²) in [7, 11) is 4.59. The first-order valence-corrected chi connectivity index (χ1v) is 24.6. The number of nitrogens with zero attached hydrogens (tertiary/aromatic N) is 1. The van der Waals surface area contributed by atoms with E-state index in [4.69, 9.17) is 23.7 Å². The van der Waals surface area contributed by atoms with Crippen LogP contribution in [-0.2, 0) is 47.7 Å². The smallest absolute Gasteiger partial charge is 0.329 e. The molecule has 14 nitrogen and oxygen atoms in total. The number of piperidine rings is 1. The number of ketones is 3. The van der Waals surface area contributed by atoms with Crippen molar-refractivity contribution in [3.05, 3.63) is 23.3 Å². The number of allylic oxidation sites excluding steroid dienone is 2. The molecule has 3 fully saturated rings. The van der Waals surface area contributed by atoms with Crippen molar-refractivity contribution in [3.8, 4) is 0 Å². The summed E-state index contributed by atoms with van der Waals surface area (Å²) < 4.78 is 29.5. The minimum Gasteiger partial charge on any atom is -0.460 e. The van der Waals surface area contributed by atoms with Crippen LogP contribution in [0.25, 0.3) is 0 Å². The fourth-order valence-electron chi connectivity index (χ4n) is 10.7. The molecule has 1 amide bonds. The van der Waals surface area contributed by atoms with Gasteiger partial charge in [-0.15, -0.1) is 0 Å². The van der Waals surface area contributed by atoms with Crippen LogP contribution in [0.2, 0.25) is 0 Å². The Labute approximate surface area is 388 Å². The number of cyclic esters (lactones) is 1. The molecule has 2 saturated heterocycles. The van der Waals surface area contributed by atoms with Crippen molar-refractivity contribution in [2.24, 2.45) is 35.5 Å². The number of methoxy groups -OCH3 is 3. The highest BCUT2D eigenvalue weighted by Crippen LogP contribution is 2.38. The Morgan fingerprint density at radius 2 is 1.54 bits per heavy atom. The fourth-order valence-corrected chi connectivity index (χ4v) is 10.7. The number of rotatable bonds is 6. The third-order valence-electron chi connectivity index (χ3n) is 15.1. The highest BCUT2D eigenvalue weighted by molar-refractivity contribution is 6.39. The van der Waals surface area contributed by atoms with Gasteiger partial charge in [0.05, 0.1) is 24.4 Å². The highest BCUT2D eigenvalue weighted by Gasteiger charge is 2.53. The molecule has 15 atom stereocenters. The average Bonchev–Trinajstić information content (AvgIpc) is 3.28. The van der Waals surface area contributed by atoms with Gasteiger partial charge in [-0.05, 0) is 120 Å². The van der Waals surface area contributed by atoms with Crippen molar-refractivity contribution in [1.29, 1.82) is 0 Å². The standard InChI is InChI=1S/C51H83NO13/c1-30-16-12-11-13-17-31(2)42(61-8)28-38-21-19-36(7)51(60,65-38)48(57)49(58)52-23-15-14-18-39(52)50(59)64-43(33(4)26-37-20-22-40(53)44(27-37)62-9)29-41(54)32(3)25-35(6)46(56)47(63-10)45(55)34(5)24-30/h17,25,30,32-34,36-40,42-44,46-47,53,56,60H,11-16,18-24,26-29H2,1-10H3/b31-17+,35-25+/t30-,32-,33-,34-,36-,37-,38+,39+,40-,42+,43+,44-,46-,47+,51-/m1/s1. The molecule has 1 saturated carbocycles. The van der Waals surface area contributed by atoms with E-state index in [0.29, 0.717) is 63.4 Å². The Balaban J connectivity index is 1.67. The lowest BCUT2D eigenvalue weighted by Crippen LogP contribution is -2.61. The van der Waals surface area contributed by atoms with Crippen molar-refractivity contribution >= 4 is 29.2 Å². The number of aliphatic hydroxyl groups excluding tert-OH is 2. The molecule has 0 spiro atoms. The van der Waals surface area contributed by atoms with Gasteiger partial charge >= 0.3 is 5.97 Å². The van der Waals surface area contributed by atoms with E-state index >= 15 is 0 Å². The number of aliphatic hydroxyl groups is 3. The molecule has 0 unspecified atom stereocenters. The third kappa shape index (κ3) is 14.6. The monoisotopic (exact) mass is 918 g/mol. The van der Waals surface area contributed by atoms with E-state index in [-0.39, 0.29) is 66.8 Å². The van der Waals surface area contributed by atoms with Crippen LogP contribution in [0.3, 0.4) is 0 Å². The Morgan fingerprint density at radius 3 is 2.22 bits per heavy atom. The van der Waals surface area contributed by atoms with Gasteiger partial charge in [-0.1, -0.05) is 59.6 Å². The molecule has 370 valence electrons. The summed E-state index contributed by atoms with van der Waals surface area (Å²) in [6, 6.07) is -1.13. The number of Topliss-reactive ketones (excluding diaryl/α,β-unsaturated/α-hetero) is 3. The van der Waals surface area contributed by atoms with Crippen LogP contribution in [0.5, 0.6) is 0 Å². The lowest BCUT2D eigenvalue weighted by Gasteiger charge is -2.42. The normalized spacial score (nSPS) is 39.9. The van der Waals surface area contributed by atoms with Gasteiger partial charge in [0, 0.05) is 58.5 Å². The van der Waals surface area contributed by atoms with E-state index < -0.39 is 71.8 Å². The van der Waals surface area contributed by atoms with Crippen molar-refractivity contribution in [2.75, 3.05) is 27.9 Å². The summed E-state index contributed by atoms with van der Waals surface area (Å²) in [5.41, 5.74) is 1.41. The number of hydrogen-bond acceptors (Lipinski definition) is 13. The van der Waals surface area contributed by atoms with Gasteiger partial charge in [0.2, 0.25) is 5.79 Å². The number of amides is 1. The largest absolute Gasteiger partial charge is 0.460 e. The summed E-state index contributed by atoms with van der Waals surface area (Å²) >= 11 is 0. The summed E-state index contributed by atoms with van der Waals surface area (Å²) in [5.74, 6) is -7.47. The van der Waals surface area contributed by atoms with Gasteiger partial charge in [-0.25, -0.2) is 4.79 Å². The molecule has 3 N–H and O–H groups in total. The van der Waals surface area contributed by atoms with Crippen LogP contribution < -0.4 is 0 Å². The molecule has 0 aromatic carbocycles. The number of hydrogen-bond donors (Lipinski definition) is 3. The Bertz CT molecular complexity index is 1660. The molecular weight excluding hydrogens is 835 g/mol. The number of fused-ring (bicyclic) bond motifs is 3. The second-order valence-corrected chi connectivity index (χ2v) is 20.3. The van der Waals surface area contributed by atoms with Crippen LogP contribution in [0, 0.1) is 35.5 Å². The molecule has 0 aromatic heterocycles. The molecule has 14 heteroatoms. The molecule has 3 aliphatic heterocycles. The maximum Gasteiger partial charge on any atom is 0.329 e. The summed E-state index contributed by atoms with van der Waals surface area (Å²) in [6.07, 6.45) is 7.89. The molecule has 0 radical (unpaired) electrons. The van der Waals surface area contributed by atoms with E-state index in [1.54, 1.807) is 41.1 Å². The lowest BCUT2D eigenvalue weighted by molar-refractivity contribution is -0.265. The predicted molar refractivity (Wildman–Crippen MR) is 245 cm³/mol. The van der Waals surface area contributed by atoms with Crippen LogP contribution in [0.1, 0.15) is 151 Å². The van der Waals surface area contributed by atoms with E-state index in [2.05, 4.69) is 13.0 Å². The quantitative estimate of drug-likeness (QED) is 0.146. The SMILES string of the molecule is CO[C@H]1C[C@@H]2CC[C@@H](C)[C@@](O)(O2)C(=O)C(=O)N2CCCC[C@H]2C(=O)O[C@H]([C@H](C)C[C@H]2CC[C@@H](O)[C@H](OC)C2)CC(=O)[C@H](C)/C=C(\C)[C@@H](O)[C@@H](OC)C(=O)[C@H](C)C[C@H](C)CCCC/C=C/1C. The molecule has 65 heavy (non-hydrogen) atoms. The van der Waals surface area contributed by atoms with Gasteiger partial charge in [-0.2, -0.15) is 0 Å². The zero-order chi connectivity index (χ0) is 48.2. The van der Waals surface area contributed by atoms with Crippen LogP contribution >= 0.6 is 0 Å². The Hall–Kier alpha value is -2.85. The Kier molecular flexibility index (Phi) is 21.5. The summed E-state index contributed by atoms with van der Waals surface area (Å²) in [4.78, 5) is 71.9. The molecule has 1 aliphatic carbocycles. The minimum absolute atomic E-state index is 0.0992. The summed E-state index contributed by atoms with van der Waals surface area (Å²) in [5, 5.41) is 33.9. The van der Waals surface area contributed by atoms with E-state index in [0.717, 1.165) is 37.7 Å². The van der Waals surface area contributed by atoms with Crippen LogP contribution in [0.4, 0.5) is 0 Å². The first kappa shape index (κ1) is 54.8. The molecule has 4 rings (SSSR count). The number of esters is 1. The number of carbonyl (C=O) groups is 5. The van der Waals surface area contributed by atoms with Gasteiger partial charge in [0.15, 0.2) is 5.78 Å². The van der Waals surface area contributed by atoms with Crippen molar-refractivity contribution in [1.82, 2.24) is 4.90 Å². The van der Waals surface area contributed by atoms with E-state index in [1.165, 1.54) is 12.0 Å². The summed E-state index contributed by atoms with van der Waals surface area (Å²) in [6.45, 7) is 13.1. The minimum atomic E-state index is -2.40. The maximum atomic E-state index is 14.4. The maximum absolute atomic E-state index is 14.4. The zero-order valence-electron chi connectivity index (χ0n) is 41.1. The topological polar surface area (TPSA) is 195 Å². The number of ether oxygens (including phenoxy) is 5. The molecule has 4 aliphatic rings. The fraction of sp³-hybridized carbons (Fsp3) is 0.824. The second kappa shape index (κ2) is 25.5. The van der Waals surface area contributed by atoms with Crippen molar-refractivity contribution in [2.45, 2.75) is 206 Å². The molecule has 3 heterocycles. The van der Waals surface area contributed by atoms with Crippen LogP contribution in [-0.4, -0.2) is 132 Å². The third-order valence-corrected chi connectivity index (χ3v) is 15.1. The molecular formula is C51H83NO13. The van der Waals surface area contributed by atoms with Gasteiger partial charge in [0.25, 0.3) is 11.7 Å². The second-order valence-electron chi connectivity index (χ2n) is 20.3. The van der Waals surface area contributed by atoms with Crippen LogP contribution in [0.15, 0.2) is 23.3 Å². The van der Waals surface area contributed by atoms with Gasteiger partial charge in [0.1, 0.15) is 30.1 Å². The lowest BCUT2D eigenvalue weighted by atomic mass is 9.78. The van der Waals surface area contributed by atoms with Gasteiger partial charge in [-0.3, -0.25) is 19.2 Å². The first-order valence-electron chi connectivity index (χ1n) is 24.6. The molecule has 2 bridgehead atoms.